The molecule has 0 saturated carbocycles. The molecule has 8 heteroatoms. The predicted octanol–water partition coefficient (Wildman–Crippen LogP) is 3.86. The van der Waals surface area contributed by atoms with Crippen LogP contribution in [0, 0.1) is 17.0 Å². The number of nitrogens with zero attached hydrogens (tertiary/aromatic N) is 2. The maximum absolute atomic E-state index is 12.1. The molecule has 0 aliphatic rings. The zero-order chi connectivity index (χ0) is 15.6. The number of anilines is 1. The van der Waals surface area contributed by atoms with E-state index in [4.69, 9.17) is 23.2 Å². The number of benzene rings is 1. The molecule has 2 aromatic rings. The second-order valence-corrected chi connectivity index (χ2v) is 4.97. The predicted molar refractivity (Wildman–Crippen MR) is 80.0 cm³/mol. The molecule has 1 N–H and O–H groups in total. The van der Waals surface area contributed by atoms with Crippen LogP contribution in [0.4, 0.5) is 11.5 Å². The molecule has 1 aromatic heterocycles. The van der Waals surface area contributed by atoms with Gasteiger partial charge in [0.05, 0.1) is 4.92 Å². The third-order valence-corrected chi connectivity index (χ3v) is 3.32. The van der Waals surface area contributed by atoms with Gasteiger partial charge in [-0.3, -0.25) is 14.9 Å². The van der Waals surface area contributed by atoms with Crippen molar-refractivity contribution in [3.05, 3.63) is 61.7 Å². The lowest BCUT2D eigenvalue weighted by Crippen LogP contribution is -2.14. The second kappa shape index (κ2) is 6.07. The summed E-state index contributed by atoms with van der Waals surface area (Å²) in [4.78, 5) is 26.1. The maximum Gasteiger partial charge on any atom is 0.311 e. The summed E-state index contributed by atoms with van der Waals surface area (Å²) in [5.74, 6) is -0.774. The molecule has 0 spiro atoms. The Hall–Kier alpha value is -2.18. The number of amides is 1. The van der Waals surface area contributed by atoms with E-state index in [1.54, 1.807) is 19.1 Å². The fraction of sp³-hybridized carbons (Fsp3) is 0.0769. The average molecular weight is 326 g/mol. The SMILES string of the molecule is Cc1ccc(C(=O)Nc2nc(Cl)ccc2[N+](=O)[O-])cc1Cl. The minimum Gasteiger partial charge on any atom is -0.301 e. The molecule has 2 rings (SSSR count). The number of carbonyl (C=O) groups excluding carboxylic acids is 1. The minimum atomic E-state index is -0.652. The molecule has 0 aliphatic heterocycles. The van der Waals surface area contributed by atoms with Gasteiger partial charge < -0.3 is 5.32 Å². The van der Waals surface area contributed by atoms with Crippen molar-refractivity contribution in [2.24, 2.45) is 0 Å². The fourth-order valence-electron chi connectivity index (χ4n) is 1.58. The van der Waals surface area contributed by atoms with E-state index < -0.39 is 10.8 Å². The largest absolute Gasteiger partial charge is 0.311 e. The Morgan fingerprint density at radius 3 is 2.62 bits per heavy atom. The van der Waals surface area contributed by atoms with Crippen molar-refractivity contribution in [3.63, 3.8) is 0 Å². The van der Waals surface area contributed by atoms with E-state index >= 15 is 0 Å². The van der Waals surface area contributed by atoms with Gasteiger partial charge in [0.2, 0.25) is 5.82 Å². The molecular formula is C13H9Cl2N3O3. The zero-order valence-corrected chi connectivity index (χ0v) is 12.3. The Morgan fingerprint density at radius 2 is 2.00 bits per heavy atom. The third kappa shape index (κ3) is 3.48. The molecule has 0 saturated heterocycles. The quantitative estimate of drug-likeness (QED) is 0.527. The number of hydrogen-bond acceptors (Lipinski definition) is 4. The van der Waals surface area contributed by atoms with Crippen LogP contribution in [0.3, 0.4) is 0 Å². The molecule has 0 unspecified atom stereocenters. The van der Waals surface area contributed by atoms with Crippen LogP contribution in [0.5, 0.6) is 0 Å². The number of nitro groups is 1. The van der Waals surface area contributed by atoms with Gasteiger partial charge >= 0.3 is 5.69 Å². The van der Waals surface area contributed by atoms with Crippen molar-refractivity contribution in [3.8, 4) is 0 Å². The number of pyridine rings is 1. The Morgan fingerprint density at radius 1 is 1.29 bits per heavy atom. The van der Waals surface area contributed by atoms with Gasteiger partial charge in [0, 0.05) is 16.7 Å². The molecule has 108 valence electrons. The molecule has 0 fully saturated rings. The molecule has 0 aliphatic carbocycles. The molecule has 0 radical (unpaired) electrons. The number of rotatable bonds is 3. The van der Waals surface area contributed by atoms with E-state index in [2.05, 4.69) is 10.3 Å². The van der Waals surface area contributed by atoms with Crippen molar-refractivity contribution in [2.75, 3.05) is 5.32 Å². The van der Waals surface area contributed by atoms with Gasteiger partial charge in [0.25, 0.3) is 5.91 Å². The summed E-state index contributed by atoms with van der Waals surface area (Å²) in [7, 11) is 0. The number of halogens is 2. The summed E-state index contributed by atoms with van der Waals surface area (Å²) in [6.07, 6.45) is 0. The van der Waals surface area contributed by atoms with Gasteiger partial charge in [0.15, 0.2) is 0 Å². The highest BCUT2D eigenvalue weighted by atomic mass is 35.5. The normalized spacial score (nSPS) is 10.2. The van der Waals surface area contributed by atoms with Crippen LogP contribution in [-0.4, -0.2) is 15.8 Å². The minimum absolute atomic E-state index is 0.0397. The van der Waals surface area contributed by atoms with Crippen LogP contribution in [0.15, 0.2) is 30.3 Å². The standard InChI is InChI=1S/C13H9Cl2N3O3/c1-7-2-3-8(6-9(7)14)13(19)17-12-10(18(20)21)4-5-11(15)16-12/h2-6H,1H3,(H,16,17,19). The Balaban J connectivity index is 2.33. The van der Waals surface area contributed by atoms with Crippen molar-refractivity contribution in [1.82, 2.24) is 4.98 Å². The van der Waals surface area contributed by atoms with Crippen LogP contribution < -0.4 is 5.32 Å². The van der Waals surface area contributed by atoms with Gasteiger partial charge in [-0.25, -0.2) is 4.98 Å². The first-order valence-corrected chi connectivity index (χ1v) is 6.52. The number of aromatic nitrogens is 1. The van der Waals surface area contributed by atoms with E-state index in [0.29, 0.717) is 5.02 Å². The van der Waals surface area contributed by atoms with Gasteiger partial charge in [-0.2, -0.15) is 0 Å². The number of hydrogen-bond donors (Lipinski definition) is 1. The van der Waals surface area contributed by atoms with E-state index in [1.807, 2.05) is 0 Å². The van der Waals surface area contributed by atoms with Gasteiger partial charge in [-0.15, -0.1) is 0 Å². The molecule has 1 amide bonds. The second-order valence-electron chi connectivity index (χ2n) is 4.18. The van der Waals surface area contributed by atoms with E-state index in [1.165, 1.54) is 18.2 Å². The highest BCUT2D eigenvalue weighted by Gasteiger charge is 2.19. The van der Waals surface area contributed by atoms with Crippen LogP contribution >= 0.6 is 23.2 Å². The van der Waals surface area contributed by atoms with Crippen LogP contribution in [0.2, 0.25) is 10.2 Å². The first kappa shape index (κ1) is 15.2. The highest BCUT2D eigenvalue weighted by Crippen LogP contribution is 2.25. The van der Waals surface area contributed by atoms with Crippen LogP contribution in [-0.2, 0) is 0 Å². The van der Waals surface area contributed by atoms with Gasteiger partial charge in [0.1, 0.15) is 5.15 Å². The summed E-state index contributed by atoms with van der Waals surface area (Å²) in [6.45, 7) is 1.80. The summed E-state index contributed by atoms with van der Waals surface area (Å²) < 4.78 is 0. The van der Waals surface area contributed by atoms with Gasteiger partial charge in [-0.05, 0) is 30.7 Å². The molecule has 6 nitrogen and oxygen atoms in total. The number of nitrogens with one attached hydrogen (secondary N) is 1. The molecular weight excluding hydrogens is 317 g/mol. The van der Waals surface area contributed by atoms with E-state index in [-0.39, 0.29) is 22.2 Å². The van der Waals surface area contributed by atoms with Crippen molar-refractivity contribution >= 4 is 40.6 Å². The lowest BCUT2D eigenvalue weighted by molar-refractivity contribution is -0.384. The molecule has 0 bridgehead atoms. The van der Waals surface area contributed by atoms with Crippen LogP contribution in [0.1, 0.15) is 15.9 Å². The van der Waals surface area contributed by atoms with Crippen LogP contribution in [0.25, 0.3) is 0 Å². The van der Waals surface area contributed by atoms with Crippen molar-refractivity contribution < 1.29 is 9.72 Å². The fourth-order valence-corrected chi connectivity index (χ4v) is 1.91. The third-order valence-electron chi connectivity index (χ3n) is 2.70. The zero-order valence-electron chi connectivity index (χ0n) is 10.8. The first-order valence-electron chi connectivity index (χ1n) is 5.77. The lowest BCUT2D eigenvalue weighted by Gasteiger charge is -2.06. The van der Waals surface area contributed by atoms with E-state index in [0.717, 1.165) is 5.56 Å². The summed E-state index contributed by atoms with van der Waals surface area (Å²) in [6, 6.07) is 7.16. The lowest BCUT2D eigenvalue weighted by atomic mass is 10.1. The molecule has 1 aromatic carbocycles. The maximum atomic E-state index is 12.1. The molecule has 0 atom stereocenters. The molecule has 21 heavy (non-hydrogen) atoms. The Bertz CT molecular complexity index is 735. The van der Waals surface area contributed by atoms with E-state index in [9.17, 15) is 14.9 Å². The topological polar surface area (TPSA) is 85.1 Å². The van der Waals surface area contributed by atoms with Crippen molar-refractivity contribution in [2.45, 2.75) is 6.92 Å². The summed E-state index contributed by atoms with van der Waals surface area (Å²) >= 11 is 11.6. The summed E-state index contributed by atoms with van der Waals surface area (Å²) in [5.41, 5.74) is 0.743. The van der Waals surface area contributed by atoms with Crippen molar-refractivity contribution in [1.29, 1.82) is 0 Å². The number of aryl methyl sites for hydroxylation is 1. The van der Waals surface area contributed by atoms with Gasteiger partial charge in [-0.1, -0.05) is 29.3 Å². The summed E-state index contributed by atoms with van der Waals surface area (Å²) in [5, 5.41) is 13.7. The smallest absolute Gasteiger partial charge is 0.301 e. The average Bonchev–Trinajstić information content (AvgIpc) is 2.41. The molecule has 1 heterocycles. The number of carbonyl (C=O) groups is 1. The Kier molecular flexibility index (Phi) is 4.40. The Labute approximate surface area is 129 Å². The first-order chi connectivity index (χ1) is 9.88. The highest BCUT2D eigenvalue weighted by molar-refractivity contribution is 6.31. The monoisotopic (exact) mass is 325 g/mol.